The molecule has 1 atom stereocenters. The van der Waals surface area contributed by atoms with Crippen molar-refractivity contribution in [3.63, 3.8) is 0 Å². The van der Waals surface area contributed by atoms with Gasteiger partial charge in [-0.1, -0.05) is 0 Å². The molecule has 1 aliphatic heterocycles. The van der Waals surface area contributed by atoms with Crippen molar-refractivity contribution in [3.8, 4) is 0 Å². The summed E-state index contributed by atoms with van der Waals surface area (Å²) in [5, 5.41) is 9.67. The Morgan fingerprint density at radius 1 is 1.78 bits per heavy atom. The molecule has 0 amide bonds. The van der Waals surface area contributed by atoms with E-state index in [2.05, 4.69) is 5.32 Å². The summed E-state index contributed by atoms with van der Waals surface area (Å²) >= 11 is 0. The highest BCUT2D eigenvalue weighted by molar-refractivity contribution is 6.28. The summed E-state index contributed by atoms with van der Waals surface area (Å²) in [6.45, 7) is 0.921. The van der Waals surface area contributed by atoms with Crippen molar-refractivity contribution in [1.29, 1.82) is 5.41 Å². The van der Waals surface area contributed by atoms with Gasteiger partial charge in [0.25, 0.3) is 0 Å². The van der Waals surface area contributed by atoms with Gasteiger partial charge in [0.1, 0.15) is 0 Å². The maximum Gasteiger partial charge on any atom is 0.189 e. The van der Waals surface area contributed by atoms with Gasteiger partial charge < -0.3 is 10.7 Å². The molecule has 1 rings (SSSR count). The van der Waals surface area contributed by atoms with Crippen LogP contribution in [0.25, 0.3) is 0 Å². The van der Waals surface area contributed by atoms with Crippen LogP contribution in [0.2, 0.25) is 0 Å². The van der Waals surface area contributed by atoms with Gasteiger partial charge in [0.05, 0.1) is 12.3 Å². The van der Waals surface area contributed by atoms with Crippen LogP contribution in [0.4, 0.5) is 0 Å². The predicted molar refractivity (Wildman–Crippen MR) is 34.8 cm³/mol. The van der Waals surface area contributed by atoms with Crippen molar-refractivity contribution in [2.75, 3.05) is 6.54 Å². The van der Waals surface area contributed by atoms with Gasteiger partial charge in [0.15, 0.2) is 5.78 Å². The Balaban J connectivity index is 2.41. The SMILES string of the molecule is N=CC(=O)C1CCCN1. The van der Waals surface area contributed by atoms with Crippen LogP contribution in [0.5, 0.6) is 0 Å². The first-order chi connectivity index (χ1) is 4.34. The zero-order valence-electron chi connectivity index (χ0n) is 5.18. The Hall–Kier alpha value is -0.700. The van der Waals surface area contributed by atoms with Crippen LogP contribution in [-0.2, 0) is 4.79 Å². The fraction of sp³-hybridized carbons (Fsp3) is 0.667. The lowest BCUT2D eigenvalue weighted by Gasteiger charge is -2.01. The molecule has 0 aromatic rings. The van der Waals surface area contributed by atoms with E-state index in [1.807, 2.05) is 0 Å². The molecule has 0 bridgehead atoms. The molecule has 3 heteroatoms. The van der Waals surface area contributed by atoms with E-state index < -0.39 is 0 Å². The van der Waals surface area contributed by atoms with Crippen molar-refractivity contribution < 1.29 is 4.79 Å². The number of Topliss-reactive ketones (excluding diaryl/α,β-unsaturated/α-hetero) is 1. The maximum absolute atomic E-state index is 10.7. The first kappa shape index (κ1) is 6.42. The van der Waals surface area contributed by atoms with Crippen LogP contribution in [0.3, 0.4) is 0 Å². The zero-order chi connectivity index (χ0) is 6.69. The molecular weight excluding hydrogens is 116 g/mol. The van der Waals surface area contributed by atoms with E-state index in [0.29, 0.717) is 0 Å². The molecule has 0 aromatic heterocycles. The summed E-state index contributed by atoms with van der Waals surface area (Å²) in [5.74, 6) is -0.0903. The number of carbonyl (C=O) groups excluding carboxylic acids is 1. The minimum atomic E-state index is -0.0903. The molecule has 50 valence electrons. The standard InChI is InChI=1S/C6H10N2O/c7-4-6(9)5-2-1-3-8-5/h4-5,7-8H,1-3H2. The third-order valence-electron chi connectivity index (χ3n) is 1.55. The third kappa shape index (κ3) is 1.36. The van der Waals surface area contributed by atoms with Crippen LogP contribution < -0.4 is 5.32 Å². The number of rotatable bonds is 2. The normalized spacial score (nSPS) is 26.0. The van der Waals surface area contributed by atoms with Crippen LogP contribution in [0.1, 0.15) is 12.8 Å². The highest BCUT2D eigenvalue weighted by atomic mass is 16.1. The Labute approximate surface area is 54.0 Å². The number of carbonyl (C=O) groups is 1. The molecule has 1 unspecified atom stereocenters. The van der Waals surface area contributed by atoms with Gasteiger partial charge in [0, 0.05) is 0 Å². The van der Waals surface area contributed by atoms with Crippen molar-refractivity contribution in [2.45, 2.75) is 18.9 Å². The van der Waals surface area contributed by atoms with E-state index in [9.17, 15) is 4.79 Å². The number of nitrogens with one attached hydrogen (secondary N) is 2. The van der Waals surface area contributed by atoms with E-state index in [1.165, 1.54) is 0 Å². The fourth-order valence-corrected chi connectivity index (χ4v) is 1.03. The molecule has 0 aliphatic carbocycles. The molecule has 3 nitrogen and oxygen atoms in total. The zero-order valence-corrected chi connectivity index (χ0v) is 5.18. The van der Waals surface area contributed by atoms with Crippen LogP contribution >= 0.6 is 0 Å². The molecule has 0 radical (unpaired) electrons. The quantitative estimate of drug-likeness (QED) is 0.510. The Morgan fingerprint density at radius 3 is 3.00 bits per heavy atom. The Bertz CT molecular complexity index is 127. The largest absolute Gasteiger partial charge is 0.307 e. The summed E-state index contributed by atoms with van der Waals surface area (Å²) in [6.07, 6.45) is 2.85. The summed E-state index contributed by atoms with van der Waals surface area (Å²) in [5.41, 5.74) is 0. The minimum Gasteiger partial charge on any atom is -0.307 e. The second kappa shape index (κ2) is 2.73. The molecule has 1 aliphatic rings. The van der Waals surface area contributed by atoms with Gasteiger partial charge >= 0.3 is 0 Å². The van der Waals surface area contributed by atoms with Crippen LogP contribution in [0.15, 0.2) is 0 Å². The topological polar surface area (TPSA) is 53.0 Å². The molecule has 1 fully saturated rings. The van der Waals surface area contributed by atoms with Gasteiger partial charge in [-0.05, 0) is 19.4 Å². The number of hydrogen-bond acceptors (Lipinski definition) is 3. The summed E-state index contributed by atoms with van der Waals surface area (Å²) in [4.78, 5) is 10.7. The van der Waals surface area contributed by atoms with Crippen LogP contribution in [-0.4, -0.2) is 24.6 Å². The van der Waals surface area contributed by atoms with Crippen molar-refractivity contribution >= 4 is 12.0 Å². The average molecular weight is 126 g/mol. The predicted octanol–water partition coefficient (Wildman–Crippen LogP) is -0.0429. The highest BCUT2D eigenvalue weighted by Gasteiger charge is 2.19. The summed E-state index contributed by atoms with van der Waals surface area (Å²) < 4.78 is 0. The number of ketones is 1. The molecule has 0 aromatic carbocycles. The molecule has 2 N–H and O–H groups in total. The minimum absolute atomic E-state index is 0.0532. The van der Waals surface area contributed by atoms with E-state index >= 15 is 0 Å². The first-order valence-electron chi connectivity index (χ1n) is 3.12. The van der Waals surface area contributed by atoms with E-state index in [4.69, 9.17) is 5.41 Å². The summed E-state index contributed by atoms with van der Waals surface area (Å²) in [6, 6.07) is -0.0532. The van der Waals surface area contributed by atoms with E-state index in [-0.39, 0.29) is 11.8 Å². The molecule has 0 saturated carbocycles. The Kier molecular flexibility index (Phi) is 1.95. The molecule has 1 saturated heterocycles. The first-order valence-corrected chi connectivity index (χ1v) is 3.12. The van der Waals surface area contributed by atoms with Gasteiger partial charge in [-0.3, -0.25) is 4.79 Å². The monoisotopic (exact) mass is 126 g/mol. The fourth-order valence-electron chi connectivity index (χ4n) is 1.03. The van der Waals surface area contributed by atoms with E-state index in [0.717, 1.165) is 25.6 Å². The molecular formula is C6H10N2O. The van der Waals surface area contributed by atoms with Gasteiger partial charge in [-0.25, -0.2) is 0 Å². The van der Waals surface area contributed by atoms with Crippen molar-refractivity contribution in [2.24, 2.45) is 0 Å². The van der Waals surface area contributed by atoms with Gasteiger partial charge in [-0.15, -0.1) is 0 Å². The van der Waals surface area contributed by atoms with E-state index in [1.54, 1.807) is 0 Å². The molecule has 9 heavy (non-hydrogen) atoms. The average Bonchev–Trinajstić information content (AvgIpc) is 2.37. The smallest absolute Gasteiger partial charge is 0.189 e. The van der Waals surface area contributed by atoms with Crippen molar-refractivity contribution in [3.05, 3.63) is 0 Å². The lowest BCUT2D eigenvalue weighted by atomic mass is 10.1. The van der Waals surface area contributed by atoms with Gasteiger partial charge in [0.2, 0.25) is 0 Å². The van der Waals surface area contributed by atoms with Crippen molar-refractivity contribution in [1.82, 2.24) is 5.32 Å². The van der Waals surface area contributed by atoms with Gasteiger partial charge in [-0.2, -0.15) is 0 Å². The summed E-state index contributed by atoms with van der Waals surface area (Å²) in [7, 11) is 0. The second-order valence-electron chi connectivity index (χ2n) is 2.20. The Morgan fingerprint density at radius 2 is 2.56 bits per heavy atom. The second-order valence-corrected chi connectivity index (χ2v) is 2.20. The molecule has 0 spiro atoms. The number of hydrogen-bond donors (Lipinski definition) is 2. The molecule has 1 heterocycles. The highest BCUT2D eigenvalue weighted by Crippen LogP contribution is 2.03. The third-order valence-corrected chi connectivity index (χ3v) is 1.55. The van der Waals surface area contributed by atoms with Crippen LogP contribution in [0, 0.1) is 5.41 Å². The lowest BCUT2D eigenvalue weighted by molar-refractivity contribution is -0.114. The lowest BCUT2D eigenvalue weighted by Crippen LogP contribution is -2.31. The maximum atomic E-state index is 10.7.